The SMILES string of the molecule is CCCCn1c(N)c(NC(=O)Cc2ccc(OC(=O)c3ncn(C(c4ccccc4)(c4ccccc4)c4ccccc4)n3)cc2)c(=O)n(Cc2ccccc2F)c1=O. The molecule has 7 rings (SSSR count). The molecule has 3 N–H and O–H groups in total. The Morgan fingerprint density at radius 3 is 1.91 bits per heavy atom. The molecule has 0 atom stereocenters. The summed E-state index contributed by atoms with van der Waals surface area (Å²) in [5, 5.41) is 7.26. The number of benzene rings is 5. The number of anilines is 2. The van der Waals surface area contributed by atoms with Gasteiger partial charge in [0.1, 0.15) is 34.9 Å². The van der Waals surface area contributed by atoms with Gasteiger partial charge in [0.25, 0.3) is 11.4 Å². The monoisotopic (exact) mass is 777 g/mol. The number of esters is 1. The van der Waals surface area contributed by atoms with Crippen molar-refractivity contribution in [3.63, 3.8) is 0 Å². The number of nitrogens with zero attached hydrogens (tertiary/aromatic N) is 5. The predicted octanol–water partition coefficient (Wildman–Crippen LogP) is 6.41. The number of ether oxygens (including phenoxy) is 1. The minimum Gasteiger partial charge on any atom is -0.421 e. The van der Waals surface area contributed by atoms with Gasteiger partial charge in [0.05, 0.1) is 13.0 Å². The lowest BCUT2D eigenvalue weighted by Crippen LogP contribution is -2.43. The van der Waals surface area contributed by atoms with Gasteiger partial charge in [-0.15, -0.1) is 5.10 Å². The Kier molecular flexibility index (Phi) is 11.5. The number of aromatic nitrogens is 5. The van der Waals surface area contributed by atoms with Crippen LogP contribution >= 0.6 is 0 Å². The Labute approximate surface area is 333 Å². The van der Waals surface area contributed by atoms with E-state index in [1.165, 1.54) is 41.2 Å². The summed E-state index contributed by atoms with van der Waals surface area (Å²) >= 11 is 0. The first-order valence-corrected chi connectivity index (χ1v) is 18.8. The summed E-state index contributed by atoms with van der Waals surface area (Å²) in [6.07, 6.45) is 2.66. The third-order valence-corrected chi connectivity index (χ3v) is 9.85. The molecule has 1 amide bonds. The lowest BCUT2D eigenvalue weighted by atomic mass is 9.77. The second-order valence-electron chi connectivity index (χ2n) is 13.6. The minimum absolute atomic E-state index is 0.135. The Morgan fingerprint density at radius 1 is 0.776 bits per heavy atom. The summed E-state index contributed by atoms with van der Waals surface area (Å²) in [4.78, 5) is 58.0. The lowest BCUT2D eigenvalue weighted by Gasteiger charge is -2.35. The summed E-state index contributed by atoms with van der Waals surface area (Å²) in [6, 6.07) is 41.6. The quantitative estimate of drug-likeness (QED) is 0.0729. The van der Waals surface area contributed by atoms with Crippen molar-refractivity contribution in [2.45, 2.75) is 44.8 Å². The molecule has 2 aromatic heterocycles. The molecule has 0 fully saturated rings. The van der Waals surface area contributed by atoms with Gasteiger partial charge < -0.3 is 15.8 Å². The van der Waals surface area contributed by atoms with Crippen molar-refractivity contribution in [3.8, 4) is 5.75 Å². The highest BCUT2D eigenvalue weighted by Crippen LogP contribution is 2.40. The van der Waals surface area contributed by atoms with Crippen molar-refractivity contribution in [2.75, 3.05) is 11.1 Å². The van der Waals surface area contributed by atoms with Crippen LogP contribution in [0, 0.1) is 5.82 Å². The molecule has 13 heteroatoms. The first kappa shape index (κ1) is 38.8. The molecule has 7 aromatic rings. The van der Waals surface area contributed by atoms with E-state index in [4.69, 9.17) is 10.5 Å². The maximum atomic E-state index is 14.5. The number of carbonyl (C=O) groups is 2. The van der Waals surface area contributed by atoms with Gasteiger partial charge in [-0.25, -0.2) is 23.6 Å². The van der Waals surface area contributed by atoms with Gasteiger partial charge in [0.15, 0.2) is 0 Å². The molecule has 0 saturated carbocycles. The maximum Gasteiger partial charge on any atom is 0.383 e. The lowest BCUT2D eigenvalue weighted by molar-refractivity contribution is -0.115. The number of hydrogen-bond acceptors (Lipinski definition) is 8. The Hall–Kier alpha value is -7.41. The van der Waals surface area contributed by atoms with Gasteiger partial charge in [-0.2, -0.15) is 0 Å². The van der Waals surface area contributed by atoms with Gasteiger partial charge in [-0.3, -0.25) is 18.7 Å². The van der Waals surface area contributed by atoms with Crippen LogP contribution < -0.4 is 27.0 Å². The average Bonchev–Trinajstić information content (AvgIpc) is 3.75. The van der Waals surface area contributed by atoms with E-state index in [9.17, 15) is 23.6 Å². The van der Waals surface area contributed by atoms with E-state index in [1.807, 2.05) is 97.9 Å². The van der Waals surface area contributed by atoms with E-state index >= 15 is 0 Å². The number of carbonyl (C=O) groups excluding carboxylic acids is 2. The van der Waals surface area contributed by atoms with E-state index in [0.717, 1.165) is 27.7 Å². The number of rotatable bonds is 14. The molecule has 0 saturated heterocycles. The van der Waals surface area contributed by atoms with Crippen molar-refractivity contribution in [3.05, 3.63) is 206 Å². The van der Waals surface area contributed by atoms with Gasteiger partial charge in [-0.05, 0) is 46.9 Å². The second kappa shape index (κ2) is 17.2. The van der Waals surface area contributed by atoms with E-state index in [2.05, 4.69) is 15.4 Å². The van der Waals surface area contributed by atoms with E-state index in [0.29, 0.717) is 12.0 Å². The normalized spacial score (nSPS) is 11.3. The standard InChI is InChI=1S/C45H40FN7O5/c1-2-3-27-51-40(47)39(42(55)52(44(51)57)29-32-15-13-14-22-37(32)46)49-38(54)28-31-23-25-36(26-24-31)58-43(56)41-48-30-53(50-41)45(33-16-7-4-8-17-33,34-18-9-5-10-19-34)35-20-11-6-12-21-35/h4-26,30H,2-3,27-29,47H2,1H3,(H,49,54). The largest absolute Gasteiger partial charge is 0.421 e. The zero-order valence-electron chi connectivity index (χ0n) is 31.6. The fourth-order valence-electron chi connectivity index (χ4n) is 6.95. The molecule has 12 nitrogen and oxygen atoms in total. The van der Waals surface area contributed by atoms with Crippen molar-refractivity contribution < 1.29 is 18.7 Å². The number of nitrogens with one attached hydrogen (secondary N) is 1. The van der Waals surface area contributed by atoms with E-state index in [1.54, 1.807) is 22.9 Å². The fraction of sp³-hybridized carbons (Fsp3) is 0.156. The minimum atomic E-state index is -0.970. The molecule has 292 valence electrons. The maximum absolute atomic E-state index is 14.5. The van der Waals surface area contributed by atoms with Crippen LogP contribution in [0.2, 0.25) is 0 Å². The van der Waals surface area contributed by atoms with Crippen LogP contribution in [0.1, 0.15) is 58.2 Å². The molecule has 0 radical (unpaired) electrons. The number of unbranched alkanes of at least 4 members (excludes halogenated alkanes) is 1. The molecule has 0 bridgehead atoms. The Bertz CT molecular complexity index is 2560. The van der Waals surface area contributed by atoms with E-state index in [-0.39, 0.29) is 48.2 Å². The molecule has 58 heavy (non-hydrogen) atoms. The van der Waals surface area contributed by atoms with Crippen LogP contribution in [-0.4, -0.2) is 35.8 Å². The van der Waals surface area contributed by atoms with Crippen molar-refractivity contribution in [2.24, 2.45) is 0 Å². The fourth-order valence-corrected chi connectivity index (χ4v) is 6.95. The van der Waals surface area contributed by atoms with Gasteiger partial charge in [-0.1, -0.05) is 135 Å². The molecule has 0 aliphatic heterocycles. The molecular weight excluding hydrogens is 738 g/mol. The molecule has 2 heterocycles. The number of nitrogens with two attached hydrogens (primary N) is 1. The van der Waals surface area contributed by atoms with Crippen molar-refractivity contribution >= 4 is 23.4 Å². The number of hydrogen-bond donors (Lipinski definition) is 2. The average molecular weight is 778 g/mol. The van der Waals surface area contributed by atoms with Crippen molar-refractivity contribution in [1.29, 1.82) is 0 Å². The first-order chi connectivity index (χ1) is 28.2. The number of amides is 1. The molecular formula is C45H40FN7O5. The van der Waals surface area contributed by atoms with Crippen LogP contribution in [0.25, 0.3) is 0 Å². The zero-order valence-corrected chi connectivity index (χ0v) is 31.6. The third-order valence-electron chi connectivity index (χ3n) is 9.85. The third kappa shape index (κ3) is 7.82. The zero-order chi connectivity index (χ0) is 40.6. The molecule has 5 aromatic carbocycles. The van der Waals surface area contributed by atoms with Crippen LogP contribution in [0.3, 0.4) is 0 Å². The first-order valence-electron chi connectivity index (χ1n) is 18.8. The van der Waals surface area contributed by atoms with Crippen LogP contribution in [0.15, 0.2) is 155 Å². The summed E-state index contributed by atoms with van der Waals surface area (Å²) in [5.41, 5.74) is 6.88. The van der Waals surface area contributed by atoms with Gasteiger partial charge in [0, 0.05) is 12.1 Å². The highest BCUT2D eigenvalue weighted by atomic mass is 19.1. The molecule has 0 aliphatic carbocycles. The summed E-state index contributed by atoms with van der Waals surface area (Å²) in [7, 11) is 0. The number of halogens is 1. The summed E-state index contributed by atoms with van der Waals surface area (Å²) < 4.78 is 23.9. The Morgan fingerprint density at radius 2 is 1.34 bits per heavy atom. The molecule has 0 unspecified atom stereocenters. The summed E-state index contributed by atoms with van der Waals surface area (Å²) in [5.74, 6) is -2.10. The Balaban J connectivity index is 1.10. The molecule has 0 aliphatic rings. The highest BCUT2D eigenvalue weighted by Gasteiger charge is 2.40. The topological polar surface area (TPSA) is 156 Å². The van der Waals surface area contributed by atoms with Crippen LogP contribution in [0.4, 0.5) is 15.9 Å². The molecule has 0 spiro atoms. The van der Waals surface area contributed by atoms with Crippen LogP contribution in [0.5, 0.6) is 5.75 Å². The summed E-state index contributed by atoms with van der Waals surface area (Å²) in [6.45, 7) is 1.79. The second-order valence-corrected chi connectivity index (χ2v) is 13.6. The van der Waals surface area contributed by atoms with Gasteiger partial charge >= 0.3 is 11.7 Å². The van der Waals surface area contributed by atoms with E-state index < -0.39 is 34.5 Å². The van der Waals surface area contributed by atoms with Gasteiger partial charge in [0.2, 0.25) is 5.91 Å². The number of nitrogen functional groups attached to an aromatic ring is 1. The van der Waals surface area contributed by atoms with Crippen molar-refractivity contribution in [1.82, 2.24) is 23.9 Å². The van der Waals surface area contributed by atoms with Crippen LogP contribution in [-0.2, 0) is 29.8 Å². The highest BCUT2D eigenvalue weighted by molar-refractivity contribution is 5.94. The predicted molar refractivity (Wildman–Crippen MR) is 218 cm³/mol. The smallest absolute Gasteiger partial charge is 0.383 e.